The fourth-order valence-electron chi connectivity index (χ4n) is 1.25. The van der Waals surface area contributed by atoms with E-state index in [1.165, 1.54) is 12.3 Å². The fourth-order valence-corrected chi connectivity index (χ4v) is 1.25. The number of alkyl halides is 3. The van der Waals surface area contributed by atoms with E-state index in [0.717, 1.165) is 0 Å². The van der Waals surface area contributed by atoms with E-state index in [4.69, 9.17) is 0 Å². The third-order valence-corrected chi connectivity index (χ3v) is 1.82. The van der Waals surface area contributed by atoms with Crippen molar-refractivity contribution in [1.82, 2.24) is 5.32 Å². The van der Waals surface area contributed by atoms with Gasteiger partial charge in [0, 0.05) is 16.6 Å². The van der Waals surface area contributed by atoms with Crippen molar-refractivity contribution >= 4 is 11.9 Å². The Balaban J connectivity index is 2.75. The maximum atomic E-state index is 12.3. The lowest BCUT2D eigenvalue weighted by molar-refractivity contribution is -0.0734. The lowest BCUT2D eigenvalue weighted by atomic mass is 10.2. The van der Waals surface area contributed by atoms with E-state index >= 15 is 0 Å². The summed E-state index contributed by atoms with van der Waals surface area (Å²) >= 11 is 0. The summed E-state index contributed by atoms with van der Waals surface area (Å²) < 4.78 is 36.9. The van der Waals surface area contributed by atoms with Gasteiger partial charge in [-0.2, -0.15) is 13.2 Å². The number of hydrogen-bond acceptors (Lipinski definition) is 0. The molecule has 13 heavy (non-hydrogen) atoms. The Morgan fingerprint density at radius 1 is 1.08 bits per heavy atom. The average molecular weight is 184 g/mol. The van der Waals surface area contributed by atoms with Crippen molar-refractivity contribution in [2.75, 3.05) is 0 Å². The number of nitrogens with zero attached hydrogens (tertiary/aromatic N) is 1. The van der Waals surface area contributed by atoms with Gasteiger partial charge < -0.3 is 0 Å². The van der Waals surface area contributed by atoms with Crippen LogP contribution in [0, 0.1) is 0 Å². The molecule has 1 aromatic carbocycles. The van der Waals surface area contributed by atoms with Gasteiger partial charge in [0.25, 0.3) is 0 Å². The van der Waals surface area contributed by atoms with Crippen molar-refractivity contribution in [3.8, 4) is 0 Å². The summed E-state index contributed by atoms with van der Waals surface area (Å²) in [5.74, 6) is 0. The molecule has 0 unspecified atom stereocenters. The maximum absolute atomic E-state index is 12.3. The van der Waals surface area contributed by atoms with Gasteiger partial charge in [-0.15, -0.1) is 0 Å². The zero-order chi connectivity index (χ0) is 9.47. The molecule has 1 aromatic rings. The van der Waals surface area contributed by atoms with E-state index in [1.54, 1.807) is 18.2 Å². The molecule has 0 aliphatic carbocycles. The molecule has 0 saturated carbocycles. The van der Waals surface area contributed by atoms with Crippen molar-refractivity contribution in [3.63, 3.8) is 0 Å². The highest BCUT2D eigenvalue weighted by Gasteiger charge is 2.36. The molecule has 67 valence electrons. The zero-order valence-electron chi connectivity index (χ0n) is 6.47. The first-order valence-electron chi connectivity index (χ1n) is 3.66. The fraction of sp³-hybridized carbons (Fsp3) is 0.111. The van der Waals surface area contributed by atoms with Crippen LogP contribution in [0.1, 0.15) is 0 Å². The molecule has 1 heterocycles. The highest BCUT2D eigenvalue weighted by atomic mass is 19.4. The molecular weight excluding hydrogens is 179 g/mol. The molecule has 0 amide bonds. The predicted molar refractivity (Wildman–Crippen MR) is 41.8 cm³/mol. The maximum Gasteiger partial charge on any atom is 0.433 e. The van der Waals surface area contributed by atoms with Crippen molar-refractivity contribution in [1.29, 1.82) is 0 Å². The van der Waals surface area contributed by atoms with E-state index < -0.39 is 11.9 Å². The molecule has 1 radical (unpaired) electrons. The smallest absolute Gasteiger partial charge is 0.251 e. The third-order valence-electron chi connectivity index (χ3n) is 1.82. The van der Waals surface area contributed by atoms with Gasteiger partial charge in [0.05, 0.1) is 0 Å². The van der Waals surface area contributed by atoms with Crippen molar-refractivity contribution in [3.05, 3.63) is 34.7 Å². The molecule has 1 aliphatic rings. The Morgan fingerprint density at radius 2 is 1.77 bits per heavy atom. The molecule has 1 nitrogen and oxygen atoms in total. The molecule has 2 rings (SSSR count). The minimum absolute atomic E-state index is 0.162. The SMILES string of the molecule is FC(F)(F)C1=c2ccccc2=C[N]1. The van der Waals surface area contributed by atoms with E-state index in [9.17, 15) is 13.2 Å². The second-order valence-electron chi connectivity index (χ2n) is 2.69. The number of rotatable bonds is 0. The molecule has 0 fully saturated rings. The second-order valence-corrected chi connectivity index (χ2v) is 2.69. The van der Waals surface area contributed by atoms with Crippen LogP contribution in [-0.4, -0.2) is 6.18 Å². The largest absolute Gasteiger partial charge is 0.433 e. The lowest BCUT2D eigenvalue weighted by Gasteiger charge is -2.05. The van der Waals surface area contributed by atoms with Gasteiger partial charge >= 0.3 is 6.18 Å². The van der Waals surface area contributed by atoms with Crippen LogP contribution in [0.3, 0.4) is 0 Å². The Hall–Kier alpha value is -1.45. The van der Waals surface area contributed by atoms with Crippen LogP contribution in [0.15, 0.2) is 24.3 Å². The molecule has 1 aliphatic heterocycles. The van der Waals surface area contributed by atoms with E-state index in [-0.39, 0.29) is 5.22 Å². The van der Waals surface area contributed by atoms with Crippen molar-refractivity contribution in [2.24, 2.45) is 0 Å². The molecule has 0 spiro atoms. The van der Waals surface area contributed by atoms with Gasteiger partial charge in [-0.3, -0.25) is 5.32 Å². The average Bonchev–Trinajstić information content (AvgIpc) is 2.45. The first kappa shape index (κ1) is 8.16. The number of hydrogen-bond donors (Lipinski definition) is 0. The monoisotopic (exact) mass is 184 g/mol. The van der Waals surface area contributed by atoms with Crippen LogP contribution in [0.5, 0.6) is 0 Å². The van der Waals surface area contributed by atoms with Crippen LogP contribution in [-0.2, 0) is 0 Å². The quantitative estimate of drug-likeness (QED) is 0.564. The number of halogens is 3. The molecule has 0 aromatic heterocycles. The summed E-state index contributed by atoms with van der Waals surface area (Å²) in [7, 11) is 0. The first-order chi connectivity index (χ1) is 6.09. The van der Waals surface area contributed by atoms with Crippen LogP contribution in [0.2, 0.25) is 0 Å². The van der Waals surface area contributed by atoms with Crippen LogP contribution in [0.25, 0.3) is 11.9 Å². The van der Waals surface area contributed by atoms with Gasteiger partial charge in [0.1, 0.15) is 0 Å². The Kier molecular flexibility index (Phi) is 1.58. The van der Waals surface area contributed by atoms with Gasteiger partial charge in [0.2, 0.25) is 0 Å². The van der Waals surface area contributed by atoms with E-state index in [1.807, 2.05) is 0 Å². The highest BCUT2D eigenvalue weighted by Crippen LogP contribution is 2.24. The molecule has 0 bridgehead atoms. The molecule has 4 heteroatoms. The Morgan fingerprint density at radius 3 is 2.46 bits per heavy atom. The minimum atomic E-state index is -4.36. The third kappa shape index (κ3) is 1.28. The summed E-state index contributed by atoms with van der Waals surface area (Å²) in [4.78, 5) is 0. The second kappa shape index (κ2) is 2.52. The van der Waals surface area contributed by atoms with Gasteiger partial charge in [-0.1, -0.05) is 24.3 Å². The highest BCUT2D eigenvalue weighted by molar-refractivity contribution is 5.58. The Bertz CT molecular complexity index is 445. The Labute approximate surface area is 72.2 Å². The summed E-state index contributed by atoms with van der Waals surface area (Å²) in [5, 5.41) is 4.03. The molecule has 0 N–H and O–H groups in total. The number of fused-ring (bicyclic) bond motifs is 1. The van der Waals surface area contributed by atoms with E-state index in [2.05, 4.69) is 5.32 Å². The predicted octanol–water partition coefficient (Wildman–Crippen LogP) is 0.713. The summed E-state index contributed by atoms with van der Waals surface area (Å²) in [6, 6.07) is 6.28. The zero-order valence-corrected chi connectivity index (χ0v) is 6.47. The summed E-state index contributed by atoms with van der Waals surface area (Å²) in [5.41, 5.74) is -0.803. The standard InChI is InChI=1S/C9H5F3N/c10-9(11,12)8-7-4-2-1-3-6(7)5-13-8/h1-5H. The van der Waals surface area contributed by atoms with Crippen molar-refractivity contribution < 1.29 is 13.2 Å². The van der Waals surface area contributed by atoms with E-state index in [0.29, 0.717) is 5.22 Å². The first-order valence-corrected chi connectivity index (χ1v) is 3.66. The van der Waals surface area contributed by atoms with Crippen LogP contribution < -0.4 is 15.8 Å². The topological polar surface area (TPSA) is 14.1 Å². The van der Waals surface area contributed by atoms with Crippen molar-refractivity contribution in [2.45, 2.75) is 6.18 Å². The summed E-state index contributed by atoms with van der Waals surface area (Å²) in [6.45, 7) is 0. The molecular formula is C9H5F3N. The van der Waals surface area contributed by atoms with Gasteiger partial charge in [-0.25, -0.2) is 0 Å². The number of benzene rings is 1. The van der Waals surface area contributed by atoms with Crippen LogP contribution >= 0.6 is 0 Å². The normalized spacial score (nSPS) is 14.8. The molecule has 0 atom stereocenters. The molecule has 0 saturated heterocycles. The van der Waals surface area contributed by atoms with Gasteiger partial charge in [0.15, 0.2) is 5.70 Å². The van der Waals surface area contributed by atoms with Crippen LogP contribution in [0.4, 0.5) is 13.2 Å². The minimum Gasteiger partial charge on any atom is -0.251 e. The van der Waals surface area contributed by atoms with Gasteiger partial charge in [-0.05, 0) is 0 Å². The summed E-state index contributed by atoms with van der Waals surface area (Å²) in [6.07, 6.45) is -3.12. The lowest BCUT2D eigenvalue weighted by Crippen LogP contribution is -2.28.